The summed E-state index contributed by atoms with van der Waals surface area (Å²) in [6.07, 6.45) is 6.73. The van der Waals surface area contributed by atoms with E-state index >= 15 is 0 Å². The molecule has 104 valence electrons. The Morgan fingerprint density at radius 2 is 2.11 bits per heavy atom. The second-order valence-electron chi connectivity index (χ2n) is 5.35. The number of ether oxygens (including phenoxy) is 1. The maximum absolute atomic E-state index is 5.72. The molecule has 0 bridgehead atoms. The SMILES string of the molecule is CC(NC(=S)NC1CCCCC1)C1CNCCO1. The van der Waals surface area contributed by atoms with Gasteiger partial charge in [-0.3, -0.25) is 0 Å². The van der Waals surface area contributed by atoms with Crippen molar-refractivity contribution in [1.82, 2.24) is 16.0 Å². The molecule has 2 aliphatic rings. The number of hydrogen-bond donors (Lipinski definition) is 3. The molecule has 1 saturated heterocycles. The highest BCUT2D eigenvalue weighted by Gasteiger charge is 2.22. The van der Waals surface area contributed by atoms with Crippen LogP contribution in [0.4, 0.5) is 0 Å². The standard InChI is InChI=1S/C13H25N3OS/c1-10(12-9-14-7-8-17-12)15-13(18)16-11-5-3-2-4-6-11/h10-12,14H,2-9H2,1H3,(H2,15,16,18). The average molecular weight is 271 g/mol. The van der Waals surface area contributed by atoms with Crippen LogP contribution in [0.3, 0.4) is 0 Å². The van der Waals surface area contributed by atoms with Crippen LogP contribution in [0.1, 0.15) is 39.0 Å². The van der Waals surface area contributed by atoms with E-state index in [4.69, 9.17) is 17.0 Å². The second kappa shape index (κ2) is 7.26. The Kier molecular flexibility index (Phi) is 5.66. The number of nitrogens with one attached hydrogen (secondary N) is 3. The number of thiocarbonyl (C=S) groups is 1. The van der Waals surface area contributed by atoms with Gasteiger partial charge in [-0.1, -0.05) is 19.3 Å². The number of morpholine rings is 1. The summed E-state index contributed by atoms with van der Waals surface area (Å²) >= 11 is 5.38. The number of rotatable bonds is 3. The van der Waals surface area contributed by atoms with Crippen LogP contribution >= 0.6 is 12.2 Å². The lowest BCUT2D eigenvalue weighted by Crippen LogP contribution is -2.54. The second-order valence-corrected chi connectivity index (χ2v) is 5.76. The Hall–Kier alpha value is -0.390. The van der Waals surface area contributed by atoms with Crippen molar-refractivity contribution in [3.8, 4) is 0 Å². The fourth-order valence-corrected chi connectivity index (χ4v) is 3.03. The van der Waals surface area contributed by atoms with E-state index < -0.39 is 0 Å². The fourth-order valence-electron chi connectivity index (χ4n) is 2.68. The van der Waals surface area contributed by atoms with Crippen molar-refractivity contribution in [2.45, 2.75) is 57.2 Å². The minimum absolute atomic E-state index is 0.213. The lowest BCUT2D eigenvalue weighted by Gasteiger charge is -2.31. The van der Waals surface area contributed by atoms with Gasteiger partial charge < -0.3 is 20.7 Å². The maximum Gasteiger partial charge on any atom is 0.166 e. The zero-order valence-corrected chi connectivity index (χ0v) is 12.0. The molecule has 1 saturated carbocycles. The lowest BCUT2D eigenvalue weighted by molar-refractivity contribution is 0.0121. The van der Waals surface area contributed by atoms with Crippen LogP contribution in [0.15, 0.2) is 0 Å². The molecule has 1 aliphatic heterocycles. The molecule has 1 heterocycles. The number of hydrogen-bond acceptors (Lipinski definition) is 3. The molecule has 1 aliphatic carbocycles. The summed E-state index contributed by atoms with van der Waals surface area (Å²) in [7, 11) is 0. The van der Waals surface area contributed by atoms with Crippen LogP contribution in [-0.4, -0.2) is 43.0 Å². The summed E-state index contributed by atoms with van der Waals surface area (Å²) in [6.45, 7) is 4.78. The molecule has 3 N–H and O–H groups in total. The first kappa shape index (κ1) is 14.0. The highest BCUT2D eigenvalue weighted by molar-refractivity contribution is 7.80. The van der Waals surface area contributed by atoms with Gasteiger partial charge in [0.25, 0.3) is 0 Å². The van der Waals surface area contributed by atoms with E-state index in [1.165, 1.54) is 32.1 Å². The summed E-state index contributed by atoms with van der Waals surface area (Å²) < 4.78 is 5.72. The van der Waals surface area contributed by atoms with E-state index in [0.29, 0.717) is 6.04 Å². The Balaban J connectivity index is 1.68. The molecule has 0 aromatic rings. The van der Waals surface area contributed by atoms with Crippen molar-refractivity contribution < 1.29 is 4.74 Å². The molecule has 0 amide bonds. The third-order valence-corrected chi connectivity index (χ3v) is 4.05. The van der Waals surface area contributed by atoms with Crippen molar-refractivity contribution in [3.63, 3.8) is 0 Å². The predicted molar refractivity (Wildman–Crippen MR) is 77.8 cm³/mol. The van der Waals surface area contributed by atoms with Crippen molar-refractivity contribution in [3.05, 3.63) is 0 Å². The topological polar surface area (TPSA) is 45.3 Å². The van der Waals surface area contributed by atoms with Gasteiger partial charge in [-0.05, 0) is 32.0 Å². The van der Waals surface area contributed by atoms with E-state index in [9.17, 15) is 0 Å². The van der Waals surface area contributed by atoms with Crippen LogP contribution < -0.4 is 16.0 Å². The molecular weight excluding hydrogens is 246 g/mol. The van der Waals surface area contributed by atoms with Crippen LogP contribution in [0.25, 0.3) is 0 Å². The summed E-state index contributed by atoms with van der Waals surface area (Å²) in [4.78, 5) is 0. The summed E-state index contributed by atoms with van der Waals surface area (Å²) in [5, 5.41) is 10.9. The average Bonchev–Trinajstić information content (AvgIpc) is 2.40. The third-order valence-electron chi connectivity index (χ3n) is 3.81. The van der Waals surface area contributed by atoms with Gasteiger partial charge in [-0.25, -0.2) is 0 Å². The normalized spacial score (nSPS) is 27.5. The highest BCUT2D eigenvalue weighted by atomic mass is 32.1. The van der Waals surface area contributed by atoms with Gasteiger partial charge in [-0.2, -0.15) is 0 Å². The van der Waals surface area contributed by atoms with Gasteiger partial charge in [0.05, 0.1) is 18.8 Å². The molecule has 2 unspecified atom stereocenters. The van der Waals surface area contributed by atoms with E-state index in [0.717, 1.165) is 24.8 Å². The molecule has 0 aromatic heterocycles. The Bertz CT molecular complexity index is 263. The molecular formula is C13H25N3OS. The zero-order valence-electron chi connectivity index (χ0n) is 11.2. The first-order valence-corrected chi connectivity index (χ1v) is 7.56. The Morgan fingerprint density at radius 1 is 1.33 bits per heavy atom. The third kappa shape index (κ3) is 4.37. The Morgan fingerprint density at radius 3 is 2.78 bits per heavy atom. The lowest BCUT2D eigenvalue weighted by atomic mass is 9.96. The van der Waals surface area contributed by atoms with Crippen molar-refractivity contribution in [1.29, 1.82) is 0 Å². The first-order chi connectivity index (χ1) is 8.75. The van der Waals surface area contributed by atoms with Crippen LogP contribution in [0, 0.1) is 0 Å². The molecule has 0 radical (unpaired) electrons. The van der Waals surface area contributed by atoms with Gasteiger partial charge in [0.1, 0.15) is 0 Å². The maximum atomic E-state index is 5.72. The highest BCUT2D eigenvalue weighted by Crippen LogP contribution is 2.17. The van der Waals surface area contributed by atoms with Gasteiger partial charge >= 0.3 is 0 Å². The van der Waals surface area contributed by atoms with E-state index in [1.54, 1.807) is 0 Å². The van der Waals surface area contributed by atoms with Gasteiger partial charge in [0.2, 0.25) is 0 Å². The molecule has 2 rings (SSSR count). The summed E-state index contributed by atoms with van der Waals surface area (Å²) in [5.74, 6) is 0. The largest absolute Gasteiger partial charge is 0.373 e. The predicted octanol–water partition coefficient (Wildman–Crippen LogP) is 1.16. The summed E-state index contributed by atoms with van der Waals surface area (Å²) in [6, 6.07) is 0.817. The van der Waals surface area contributed by atoms with Crippen LogP contribution in [-0.2, 0) is 4.74 Å². The van der Waals surface area contributed by atoms with Crippen LogP contribution in [0.2, 0.25) is 0 Å². The van der Waals surface area contributed by atoms with Gasteiger partial charge in [0, 0.05) is 19.1 Å². The van der Waals surface area contributed by atoms with Crippen molar-refractivity contribution in [2.24, 2.45) is 0 Å². The zero-order chi connectivity index (χ0) is 12.8. The first-order valence-electron chi connectivity index (χ1n) is 7.15. The molecule has 0 aromatic carbocycles. The molecule has 5 heteroatoms. The molecule has 2 fully saturated rings. The molecule has 4 nitrogen and oxygen atoms in total. The minimum Gasteiger partial charge on any atom is -0.373 e. The van der Waals surface area contributed by atoms with Crippen molar-refractivity contribution in [2.75, 3.05) is 19.7 Å². The Labute approximate surface area is 115 Å². The van der Waals surface area contributed by atoms with Crippen molar-refractivity contribution >= 4 is 17.3 Å². The van der Waals surface area contributed by atoms with E-state index in [-0.39, 0.29) is 12.1 Å². The smallest absolute Gasteiger partial charge is 0.166 e. The quantitative estimate of drug-likeness (QED) is 0.672. The minimum atomic E-state index is 0.213. The molecule has 2 atom stereocenters. The summed E-state index contributed by atoms with van der Waals surface area (Å²) in [5.41, 5.74) is 0. The monoisotopic (exact) mass is 271 g/mol. The van der Waals surface area contributed by atoms with E-state index in [1.807, 2.05) is 0 Å². The fraction of sp³-hybridized carbons (Fsp3) is 0.923. The molecule has 18 heavy (non-hydrogen) atoms. The van der Waals surface area contributed by atoms with Gasteiger partial charge in [0.15, 0.2) is 5.11 Å². The molecule has 0 spiro atoms. The van der Waals surface area contributed by atoms with E-state index in [2.05, 4.69) is 22.9 Å². The van der Waals surface area contributed by atoms with Crippen LogP contribution in [0.5, 0.6) is 0 Å². The van der Waals surface area contributed by atoms with Gasteiger partial charge in [-0.15, -0.1) is 0 Å².